The number of fused-ring (bicyclic) bond motifs is 2. The van der Waals surface area contributed by atoms with Gasteiger partial charge in [0.25, 0.3) is 0 Å². The second-order valence-electron chi connectivity index (χ2n) is 4.73. The second kappa shape index (κ2) is 5.25. The van der Waals surface area contributed by atoms with E-state index in [0.717, 1.165) is 6.07 Å². The SMILES string of the molecule is NC(=O)c1cc(=S(=O)=O)c2cc3ccccc3oc-2c1C(=O)O. The van der Waals surface area contributed by atoms with Gasteiger partial charge in [0.2, 0.25) is 16.2 Å². The molecule has 0 aromatic heterocycles. The maximum atomic E-state index is 11.5. The highest BCUT2D eigenvalue weighted by Gasteiger charge is 2.26. The lowest BCUT2D eigenvalue weighted by atomic mass is 9.97. The van der Waals surface area contributed by atoms with E-state index < -0.39 is 33.3 Å². The highest BCUT2D eigenvalue weighted by atomic mass is 32.2. The zero-order valence-electron chi connectivity index (χ0n) is 11.4. The van der Waals surface area contributed by atoms with Gasteiger partial charge in [0.1, 0.15) is 15.7 Å². The summed E-state index contributed by atoms with van der Waals surface area (Å²) in [4.78, 5) is 23.1. The maximum absolute atomic E-state index is 11.5. The standard InChI is InChI=1S/C15H9NO6S/c16-14(17)9-6-11(23(20)21)8-5-7-3-1-2-4-10(7)22-13(8)12(9)15(18)19/h1-6H,(H2,16,17)(H,18,19). The number of hydrogen-bond acceptors (Lipinski definition) is 5. The number of benzene rings is 2. The van der Waals surface area contributed by atoms with Gasteiger partial charge in [-0.1, -0.05) is 18.2 Å². The Balaban J connectivity index is 2.69. The van der Waals surface area contributed by atoms with E-state index in [1.165, 1.54) is 6.07 Å². The third-order valence-corrected chi connectivity index (χ3v) is 4.07. The van der Waals surface area contributed by atoms with Crippen LogP contribution < -0.4 is 5.73 Å². The van der Waals surface area contributed by atoms with Gasteiger partial charge in [-0.05, 0) is 18.2 Å². The fourth-order valence-corrected chi connectivity index (χ4v) is 2.94. The Labute approximate surface area is 130 Å². The van der Waals surface area contributed by atoms with Crippen LogP contribution in [0.25, 0.3) is 22.3 Å². The molecule has 0 spiro atoms. The van der Waals surface area contributed by atoms with Crippen LogP contribution >= 0.6 is 0 Å². The van der Waals surface area contributed by atoms with Crippen LogP contribution in [-0.2, 0) is 10.3 Å². The molecule has 23 heavy (non-hydrogen) atoms. The van der Waals surface area contributed by atoms with E-state index in [2.05, 4.69) is 0 Å². The van der Waals surface area contributed by atoms with Crippen molar-refractivity contribution in [2.75, 3.05) is 0 Å². The molecule has 1 aromatic rings. The van der Waals surface area contributed by atoms with Gasteiger partial charge in [-0.15, -0.1) is 0 Å². The van der Waals surface area contributed by atoms with Crippen molar-refractivity contribution in [3.63, 3.8) is 0 Å². The highest BCUT2D eigenvalue weighted by Crippen LogP contribution is 2.33. The molecule has 0 atom stereocenters. The summed E-state index contributed by atoms with van der Waals surface area (Å²) in [5, 5.41) is 9.98. The van der Waals surface area contributed by atoms with Gasteiger partial charge in [-0.3, -0.25) is 4.79 Å². The molecule has 1 aliphatic heterocycles. The number of carboxylic acids is 1. The molecule has 1 heterocycles. The molecule has 0 fully saturated rings. The number of carbonyl (C=O) groups excluding carboxylic acids is 1. The van der Waals surface area contributed by atoms with Crippen molar-refractivity contribution in [1.29, 1.82) is 0 Å². The van der Waals surface area contributed by atoms with Gasteiger partial charge in [0, 0.05) is 10.9 Å². The number of carboxylic acid groups (broad SMARTS) is 1. The topological polar surface area (TPSA) is 128 Å². The Morgan fingerprint density at radius 2 is 1.83 bits per heavy atom. The lowest BCUT2D eigenvalue weighted by Crippen LogP contribution is -2.18. The maximum Gasteiger partial charge on any atom is 0.340 e. The Morgan fingerprint density at radius 3 is 2.43 bits per heavy atom. The average Bonchev–Trinajstić information content (AvgIpc) is 2.50. The summed E-state index contributed by atoms with van der Waals surface area (Å²) in [5.74, 6) is -2.71. The second-order valence-corrected chi connectivity index (χ2v) is 5.64. The Morgan fingerprint density at radius 1 is 1.13 bits per heavy atom. The van der Waals surface area contributed by atoms with Gasteiger partial charge in [-0.25, -0.2) is 4.79 Å². The van der Waals surface area contributed by atoms with Gasteiger partial charge < -0.3 is 15.3 Å². The van der Waals surface area contributed by atoms with Gasteiger partial charge >= 0.3 is 5.97 Å². The molecule has 0 unspecified atom stereocenters. The average molecular weight is 331 g/mol. The van der Waals surface area contributed by atoms with Crippen LogP contribution in [0, 0.1) is 4.51 Å². The zero-order chi connectivity index (χ0) is 16.7. The predicted molar refractivity (Wildman–Crippen MR) is 80.5 cm³/mol. The molecule has 1 amide bonds. The van der Waals surface area contributed by atoms with Crippen molar-refractivity contribution in [1.82, 2.24) is 0 Å². The molecule has 7 nitrogen and oxygen atoms in total. The van der Waals surface area contributed by atoms with E-state index >= 15 is 0 Å². The van der Waals surface area contributed by atoms with E-state index in [0.29, 0.717) is 11.0 Å². The van der Waals surface area contributed by atoms with Crippen LogP contribution in [0.3, 0.4) is 0 Å². The normalized spacial score (nSPS) is 10.8. The van der Waals surface area contributed by atoms with Crippen LogP contribution in [0.1, 0.15) is 20.7 Å². The summed E-state index contributed by atoms with van der Waals surface area (Å²) in [6.45, 7) is 0. The molecule has 0 saturated carbocycles. The van der Waals surface area contributed by atoms with Gasteiger partial charge in [0.05, 0.1) is 5.56 Å². The fraction of sp³-hybridized carbons (Fsp3) is 0. The number of primary amides is 1. The number of amides is 1. The first-order valence-electron chi connectivity index (χ1n) is 6.35. The molecule has 8 heteroatoms. The Kier molecular flexibility index (Phi) is 3.38. The Hall–Kier alpha value is -3.13. The first-order chi connectivity index (χ1) is 10.9. The quantitative estimate of drug-likeness (QED) is 0.544. The number of hydrogen-bond donors (Lipinski definition) is 2. The predicted octanol–water partition coefficient (Wildman–Crippen LogP) is 1.75. The summed E-state index contributed by atoms with van der Waals surface area (Å²) in [7, 11) is -2.71. The van der Waals surface area contributed by atoms with Crippen LogP contribution in [0.4, 0.5) is 0 Å². The minimum Gasteiger partial charge on any atom is -0.478 e. The highest BCUT2D eigenvalue weighted by molar-refractivity contribution is 7.64. The molecule has 0 saturated heterocycles. The third-order valence-electron chi connectivity index (χ3n) is 3.37. The molecule has 1 aliphatic carbocycles. The number of rotatable bonds is 2. The molecule has 1 aromatic carbocycles. The van der Waals surface area contributed by atoms with Gasteiger partial charge in [-0.2, -0.15) is 8.42 Å². The summed E-state index contributed by atoms with van der Waals surface area (Å²) in [5.41, 5.74) is 4.71. The molecule has 0 radical (unpaired) electrons. The summed E-state index contributed by atoms with van der Waals surface area (Å²) < 4.78 is 28.2. The smallest absolute Gasteiger partial charge is 0.340 e. The van der Waals surface area contributed by atoms with E-state index in [4.69, 9.17) is 10.2 Å². The van der Waals surface area contributed by atoms with Crippen LogP contribution in [0.15, 0.2) is 40.8 Å². The van der Waals surface area contributed by atoms with Crippen molar-refractivity contribution >= 4 is 33.1 Å². The van der Waals surface area contributed by atoms with E-state index in [9.17, 15) is 23.1 Å². The molecular formula is C15H9NO6S. The number of aromatic carboxylic acids is 1. The molecule has 0 bridgehead atoms. The summed E-state index contributed by atoms with van der Waals surface area (Å²) in [6.07, 6.45) is 0. The Bertz CT molecular complexity index is 1120. The molecule has 116 valence electrons. The van der Waals surface area contributed by atoms with E-state index in [-0.39, 0.29) is 15.8 Å². The first-order valence-corrected chi connectivity index (χ1v) is 7.42. The van der Waals surface area contributed by atoms with Crippen molar-refractivity contribution in [3.8, 4) is 11.3 Å². The van der Waals surface area contributed by atoms with E-state index in [1.807, 2.05) is 0 Å². The van der Waals surface area contributed by atoms with Crippen LogP contribution in [-0.4, -0.2) is 25.4 Å². The molecule has 3 rings (SSSR count). The minimum atomic E-state index is -2.71. The largest absolute Gasteiger partial charge is 0.478 e. The monoisotopic (exact) mass is 331 g/mol. The van der Waals surface area contributed by atoms with Crippen LogP contribution in [0.5, 0.6) is 0 Å². The van der Waals surface area contributed by atoms with Gasteiger partial charge in [0.15, 0.2) is 5.76 Å². The first kappa shape index (κ1) is 14.8. The fourth-order valence-electron chi connectivity index (χ4n) is 2.40. The molecule has 3 N–H and O–H groups in total. The zero-order valence-corrected chi connectivity index (χ0v) is 12.3. The number of nitrogens with two attached hydrogens (primary N) is 1. The molecule has 2 aliphatic rings. The minimum absolute atomic E-state index is 0.0689. The van der Waals surface area contributed by atoms with Crippen molar-refractivity contribution in [2.45, 2.75) is 0 Å². The van der Waals surface area contributed by atoms with Crippen LogP contribution in [0.2, 0.25) is 0 Å². The summed E-state index contributed by atoms with van der Waals surface area (Å²) >= 11 is 0. The lowest BCUT2D eigenvalue weighted by Gasteiger charge is -2.12. The number of carbonyl (C=O) groups is 2. The van der Waals surface area contributed by atoms with Crippen molar-refractivity contribution in [2.24, 2.45) is 5.73 Å². The third kappa shape index (κ3) is 2.34. The van der Waals surface area contributed by atoms with Crippen molar-refractivity contribution in [3.05, 3.63) is 52.0 Å². The summed E-state index contributed by atoms with van der Waals surface area (Å²) in [6, 6.07) is 9.15. The van der Waals surface area contributed by atoms with E-state index in [1.54, 1.807) is 24.3 Å². The van der Waals surface area contributed by atoms with Crippen molar-refractivity contribution < 1.29 is 27.5 Å². The lowest BCUT2D eigenvalue weighted by molar-refractivity contribution is 0.0691. The molecular weight excluding hydrogens is 322 g/mol. The number of para-hydroxylation sites is 1.